The maximum absolute atomic E-state index is 12.6. The summed E-state index contributed by atoms with van der Waals surface area (Å²) >= 11 is 0. The second kappa shape index (κ2) is 9.05. The summed E-state index contributed by atoms with van der Waals surface area (Å²) in [6.45, 7) is 9.95. The van der Waals surface area contributed by atoms with Crippen molar-refractivity contribution < 1.29 is 9.32 Å². The van der Waals surface area contributed by atoms with Crippen LogP contribution in [0, 0.1) is 6.92 Å². The predicted molar refractivity (Wildman–Crippen MR) is 111 cm³/mol. The normalized spacial score (nSPS) is 21.4. The standard InChI is InChI=1S/C22H31N5O2/c1-17-6-8-19(9-7-17)22-23-20(29-24-22)15-25-11-13-26(14-12-25)16-21(28)27-10-4-3-5-18(27)2/h6-9,18H,3-5,10-16H2,1-2H3. The van der Waals surface area contributed by atoms with E-state index in [2.05, 4.69) is 50.8 Å². The molecular weight excluding hydrogens is 366 g/mol. The molecule has 2 aromatic rings. The Labute approximate surface area is 172 Å². The maximum atomic E-state index is 12.6. The van der Waals surface area contributed by atoms with E-state index in [-0.39, 0.29) is 5.91 Å². The first-order valence-electron chi connectivity index (χ1n) is 10.7. The lowest BCUT2D eigenvalue weighted by Gasteiger charge is -2.37. The third kappa shape index (κ3) is 5.03. The lowest BCUT2D eigenvalue weighted by Crippen LogP contribution is -2.51. The lowest BCUT2D eigenvalue weighted by molar-refractivity contribution is -0.136. The summed E-state index contributed by atoms with van der Waals surface area (Å²) in [5, 5.41) is 4.12. The predicted octanol–water partition coefficient (Wildman–Crippen LogP) is 2.56. The molecule has 0 bridgehead atoms. The number of hydrogen-bond acceptors (Lipinski definition) is 6. The number of amides is 1. The van der Waals surface area contributed by atoms with Crippen molar-refractivity contribution in [3.8, 4) is 11.4 Å². The van der Waals surface area contributed by atoms with Gasteiger partial charge in [-0.25, -0.2) is 0 Å². The Hall–Kier alpha value is -2.25. The first-order chi connectivity index (χ1) is 14.1. The van der Waals surface area contributed by atoms with Crippen LogP contribution in [0.5, 0.6) is 0 Å². The molecule has 1 unspecified atom stereocenters. The highest BCUT2D eigenvalue weighted by atomic mass is 16.5. The minimum atomic E-state index is 0.283. The first-order valence-corrected chi connectivity index (χ1v) is 10.7. The van der Waals surface area contributed by atoms with Crippen LogP contribution in [-0.2, 0) is 11.3 Å². The Kier molecular flexibility index (Phi) is 6.25. The second-order valence-electron chi connectivity index (χ2n) is 8.36. The van der Waals surface area contributed by atoms with Crippen molar-refractivity contribution >= 4 is 5.91 Å². The zero-order valence-corrected chi connectivity index (χ0v) is 17.5. The molecule has 29 heavy (non-hydrogen) atoms. The molecule has 0 N–H and O–H groups in total. The van der Waals surface area contributed by atoms with Crippen LogP contribution in [0.4, 0.5) is 0 Å². The van der Waals surface area contributed by atoms with Gasteiger partial charge in [-0.2, -0.15) is 4.98 Å². The van der Waals surface area contributed by atoms with Gasteiger partial charge in [-0.3, -0.25) is 14.6 Å². The first kappa shape index (κ1) is 20.0. The average Bonchev–Trinajstić information content (AvgIpc) is 3.19. The number of aromatic nitrogens is 2. The van der Waals surface area contributed by atoms with Crippen molar-refractivity contribution in [1.82, 2.24) is 24.8 Å². The zero-order chi connectivity index (χ0) is 20.2. The number of hydrogen-bond donors (Lipinski definition) is 0. The van der Waals surface area contributed by atoms with Crippen LogP contribution in [0.15, 0.2) is 28.8 Å². The molecule has 0 spiro atoms. The van der Waals surface area contributed by atoms with Crippen molar-refractivity contribution in [2.24, 2.45) is 0 Å². The fourth-order valence-electron chi connectivity index (χ4n) is 4.19. The summed E-state index contributed by atoms with van der Waals surface area (Å²) in [5.41, 5.74) is 2.18. The van der Waals surface area contributed by atoms with E-state index in [1.54, 1.807) is 0 Å². The molecule has 1 amide bonds. The second-order valence-corrected chi connectivity index (χ2v) is 8.36. The largest absolute Gasteiger partial charge is 0.339 e. The Morgan fingerprint density at radius 3 is 2.52 bits per heavy atom. The maximum Gasteiger partial charge on any atom is 0.241 e. The highest BCUT2D eigenvalue weighted by molar-refractivity contribution is 5.78. The molecule has 2 saturated heterocycles. The number of aryl methyl sites for hydroxylation is 1. The number of carbonyl (C=O) groups is 1. The molecule has 4 rings (SSSR count). The average molecular weight is 398 g/mol. The van der Waals surface area contributed by atoms with Crippen LogP contribution in [0.1, 0.15) is 37.6 Å². The molecule has 3 heterocycles. The molecule has 2 aliphatic heterocycles. The van der Waals surface area contributed by atoms with Gasteiger partial charge in [0.15, 0.2) is 0 Å². The van der Waals surface area contributed by atoms with Gasteiger partial charge in [0.2, 0.25) is 17.6 Å². The number of piperazine rings is 1. The van der Waals surface area contributed by atoms with Crippen molar-refractivity contribution in [2.45, 2.75) is 45.7 Å². The van der Waals surface area contributed by atoms with Gasteiger partial charge in [0, 0.05) is 44.3 Å². The molecule has 1 atom stereocenters. The molecule has 2 aliphatic rings. The van der Waals surface area contributed by atoms with Crippen molar-refractivity contribution in [2.75, 3.05) is 39.3 Å². The summed E-state index contributed by atoms with van der Waals surface area (Å²) in [4.78, 5) is 23.8. The van der Waals surface area contributed by atoms with E-state index >= 15 is 0 Å². The zero-order valence-electron chi connectivity index (χ0n) is 17.5. The Bertz CT molecular complexity index is 811. The molecule has 0 saturated carbocycles. The van der Waals surface area contributed by atoms with E-state index in [4.69, 9.17) is 4.52 Å². The SMILES string of the molecule is Cc1ccc(-c2noc(CN3CCN(CC(=O)N4CCCCC4C)CC3)n2)cc1. The monoisotopic (exact) mass is 397 g/mol. The third-order valence-electron chi connectivity index (χ3n) is 6.08. The van der Waals surface area contributed by atoms with Crippen LogP contribution in [0.3, 0.4) is 0 Å². The summed E-state index contributed by atoms with van der Waals surface area (Å²) < 4.78 is 5.46. The van der Waals surface area contributed by atoms with Crippen molar-refractivity contribution in [3.63, 3.8) is 0 Å². The summed E-state index contributed by atoms with van der Waals surface area (Å²) in [7, 11) is 0. The quantitative estimate of drug-likeness (QED) is 0.773. The number of benzene rings is 1. The smallest absolute Gasteiger partial charge is 0.241 e. The van der Waals surface area contributed by atoms with E-state index in [0.717, 1.165) is 51.1 Å². The number of rotatable bonds is 5. The van der Waals surface area contributed by atoms with Crippen LogP contribution in [0.25, 0.3) is 11.4 Å². The molecule has 1 aromatic heterocycles. The van der Waals surface area contributed by atoms with Gasteiger partial charge < -0.3 is 9.42 Å². The number of likely N-dealkylation sites (tertiary alicyclic amines) is 1. The third-order valence-corrected chi connectivity index (χ3v) is 6.08. The van der Waals surface area contributed by atoms with Gasteiger partial charge >= 0.3 is 0 Å². The topological polar surface area (TPSA) is 65.7 Å². The summed E-state index contributed by atoms with van der Waals surface area (Å²) in [5.74, 6) is 1.57. The van der Waals surface area contributed by atoms with E-state index in [9.17, 15) is 4.79 Å². The fraction of sp³-hybridized carbons (Fsp3) is 0.591. The molecule has 7 nitrogen and oxygen atoms in total. The Morgan fingerprint density at radius 1 is 1.07 bits per heavy atom. The summed E-state index contributed by atoms with van der Waals surface area (Å²) in [6.07, 6.45) is 3.51. The van der Waals surface area contributed by atoms with Crippen molar-refractivity contribution in [3.05, 3.63) is 35.7 Å². The molecular formula is C22H31N5O2. The van der Waals surface area contributed by atoms with Crippen LogP contribution >= 0.6 is 0 Å². The van der Waals surface area contributed by atoms with E-state index in [0.29, 0.717) is 30.8 Å². The lowest BCUT2D eigenvalue weighted by atomic mass is 10.0. The van der Waals surface area contributed by atoms with E-state index < -0.39 is 0 Å². The highest BCUT2D eigenvalue weighted by Gasteiger charge is 2.26. The minimum absolute atomic E-state index is 0.283. The highest BCUT2D eigenvalue weighted by Crippen LogP contribution is 2.18. The minimum Gasteiger partial charge on any atom is -0.339 e. The number of nitrogens with zero attached hydrogens (tertiary/aromatic N) is 5. The summed E-state index contributed by atoms with van der Waals surface area (Å²) in [6, 6.07) is 8.52. The van der Waals surface area contributed by atoms with Crippen LogP contribution < -0.4 is 0 Å². The van der Waals surface area contributed by atoms with Crippen LogP contribution in [-0.4, -0.2) is 76.1 Å². The van der Waals surface area contributed by atoms with E-state index in [1.807, 2.05) is 12.1 Å². The van der Waals surface area contributed by atoms with Gasteiger partial charge in [-0.15, -0.1) is 0 Å². The Balaban J connectivity index is 1.25. The molecule has 0 radical (unpaired) electrons. The Morgan fingerprint density at radius 2 is 1.79 bits per heavy atom. The molecule has 7 heteroatoms. The fourth-order valence-corrected chi connectivity index (χ4v) is 4.19. The molecule has 0 aliphatic carbocycles. The van der Waals surface area contributed by atoms with E-state index in [1.165, 1.54) is 12.0 Å². The molecule has 2 fully saturated rings. The van der Waals surface area contributed by atoms with Gasteiger partial charge in [0.05, 0.1) is 13.1 Å². The van der Waals surface area contributed by atoms with Crippen molar-refractivity contribution in [1.29, 1.82) is 0 Å². The van der Waals surface area contributed by atoms with Crippen LogP contribution in [0.2, 0.25) is 0 Å². The van der Waals surface area contributed by atoms with Gasteiger partial charge in [0.25, 0.3) is 0 Å². The molecule has 156 valence electrons. The number of carbonyl (C=O) groups excluding carboxylic acids is 1. The number of piperidine rings is 1. The van der Waals surface area contributed by atoms with Gasteiger partial charge in [-0.1, -0.05) is 35.0 Å². The molecule has 1 aromatic carbocycles. The van der Waals surface area contributed by atoms with Gasteiger partial charge in [0.1, 0.15) is 0 Å². The van der Waals surface area contributed by atoms with Gasteiger partial charge in [-0.05, 0) is 33.1 Å².